The van der Waals surface area contributed by atoms with E-state index in [0.29, 0.717) is 5.56 Å². The number of carbonyl (C=O) groups excluding carboxylic acids is 1. The van der Waals surface area contributed by atoms with Crippen LogP contribution in [0.2, 0.25) is 0 Å². The average molecular weight is 350 g/mol. The average Bonchev–Trinajstić information content (AvgIpc) is 3.01. The number of amides is 1. The highest BCUT2D eigenvalue weighted by molar-refractivity contribution is 7.91. The zero-order valence-electron chi connectivity index (χ0n) is 12.5. The molecule has 0 radical (unpaired) electrons. The van der Waals surface area contributed by atoms with E-state index in [-0.39, 0.29) is 16.7 Å². The van der Waals surface area contributed by atoms with Crippen LogP contribution in [-0.2, 0) is 29.4 Å². The molecule has 1 aromatic heterocycles. The molecule has 5 nitrogen and oxygen atoms in total. The fraction of sp³-hybridized carbons (Fsp3) is 0.312. The molecule has 23 heavy (non-hydrogen) atoms. The third-order valence-corrected chi connectivity index (χ3v) is 6.47. The van der Waals surface area contributed by atoms with Crippen molar-refractivity contribution in [3.63, 3.8) is 0 Å². The zero-order chi connectivity index (χ0) is 16.4. The van der Waals surface area contributed by atoms with Crippen LogP contribution >= 0.6 is 11.3 Å². The molecule has 1 heterocycles. The van der Waals surface area contributed by atoms with E-state index in [4.69, 9.17) is 5.14 Å². The molecule has 7 heteroatoms. The highest BCUT2D eigenvalue weighted by atomic mass is 32.2. The maximum Gasteiger partial charge on any atom is 0.251 e. The monoisotopic (exact) mass is 350 g/mol. The quantitative estimate of drug-likeness (QED) is 0.886. The SMILES string of the molecule is NS(=O)(=O)c1ccc(CNC(=O)c2ccc3c(c2)CCCC3)s1. The van der Waals surface area contributed by atoms with Crippen molar-refractivity contribution >= 4 is 27.3 Å². The summed E-state index contributed by atoms with van der Waals surface area (Å²) in [6.45, 7) is 0.288. The van der Waals surface area contributed by atoms with Crippen LogP contribution in [0.3, 0.4) is 0 Å². The van der Waals surface area contributed by atoms with Gasteiger partial charge in [0.05, 0.1) is 6.54 Å². The van der Waals surface area contributed by atoms with Crippen LogP contribution in [0.4, 0.5) is 0 Å². The van der Waals surface area contributed by atoms with Crippen molar-refractivity contribution in [1.29, 1.82) is 0 Å². The lowest BCUT2D eigenvalue weighted by atomic mass is 9.90. The molecule has 0 atom stereocenters. The molecule has 2 aromatic rings. The van der Waals surface area contributed by atoms with Crippen LogP contribution in [-0.4, -0.2) is 14.3 Å². The summed E-state index contributed by atoms with van der Waals surface area (Å²) in [6.07, 6.45) is 4.49. The Hall–Kier alpha value is -1.70. The normalized spacial score (nSPS) is 14.3. The first-order valence-corrected chi connectivity index (χ1v) is 9.81. The minimum absolute atomic E-state index is 0.107. The van der Waals surface area contributed by atoms with Crippen molar-refractivity contribution < 1.29 is 13.2 Å². The Bertz CT molecular complexity index is 841. The Morgan fingerprint density at radius 1 is 1.13 bits per heavy atom. The molecule has 0 unspecified atom stereocenters. The Labute approximate surface area is 139 Å². The van der Waals surface area contributed by atoms with E-state index in [1.54, 1.807) is 6.07 Å². The molecule has 0 saturated heterocycles. The lowest BCUT2D eigenvalue weighted by Gasteiger charge is -2.16. The first-order chi connectivity index (χ1) is 10.9. The van der Waals surface area contributed by atoms with Crippen LogP contribution < -0.4 is 10.5 Å². The van der Waals surface area contributed by atoms with E-state index in [1.807, 2.05) is 18.2 Å². The Balaban J connectivity index is 1.66. The van der Waals surface area contributed by atoms with E-state index >= 15 is 0 Å². The van der Waals surface area contributed by atoms with Crippen molar-refractivity contribution in [2.45, 2.75) is 36.4 Å². The van der Waals surface area contributed by atoms with Gasteiger partial charge in [0.1, 0.15) is 4.21 Å². The van der Waals surface area contributed by atoms with E-state index in [9.17, 15) is 13.2 Å². The molecule has 1 amide bonds. The third kappa shape index (κ3) is 3.80. The number of nitrogens with two attached hydrogens (primary N) is 1. The maximum atomic E-state index is 12.3. The number of hydrogen-bond acceptors (Lipinski definition) is 4. The number of rotatable bonds is 4. The molecule has 3 rings (SSSR count). The highest BCUT2D eigenvalue weighted by Crippen LogP contribution is 2.23. The van der Waals surface area contributed by atoms with Crippen molar-refractivity contribution in [1.82, 2.24) is 5.32 Å². The molecular weight excluding hydrogens is 332 g/mol. The summed E-state index contributed by atoms with van der Waals surface area (Å²) in [5.41, 5.74) is 3.24. The highest BCUT2D eigenvalue weighted by Gasteiger charge is 2.14. The third-order valence-electron chi connectivity index (χ3n) is 3.95. The minimum atomic E-state index is -3.68. The summed E-state index contributed by atoms with van der Waals surface area (Å²) >= 11 is 1.07. The van der Waals surface area contributed by atoms with Gasteiger partial charge in [0, 0.05) is 10.4 Å². The Morgan fingerprint density at radius 3 is 2.57 bits per heavy atom. The first-order valence-electron chi connectivity index (χ1n) is 7.45. The van der Waals surface area contributed by atoms with Gasteiger partial charge in [-0.15, -0.1) is 11.3 Å². The summed E-state index contributed by atoms with van der Waals surface area (Å²) in [5.74, 6) is -0.149. The fourth-order valence-corrected chi connectivity index (χ4v) is 4.47. The van der Waals surface area contributed by atoms with Crippen LogP contribution in [0.1, 0.15) is 39.2 Å². The second-order valence-electron chi connectivity index (χ2n) is 5.64. The van der Waals surface area contributed by atoms with Gasteiger partial charge in [-0.05, 0) is 61.1 Å². The predicted molar refractivity (Wildman–Crippen MR) is 89.9 cm³/mol. The summed E-state index contributed by atoms with van der Waals surface area (Å²) in [6, 6.07) is 8.98. The van der Waals surface area contributed by atoms with Gasteiger partial charge in [-0.3, -0.25) is 4.79 Å². The van der Waals surface area contributed by atoms with E-state index in [2.05, 4.69) is 5.32 Å². The van der Waals surface area contributed by atoms with Gasteiger partial charge < -0.3 is 5.32 Å². The summed E-state index contributed by atoms with van der Waals surface area (Å²) < 4.78 is 22.6. The first kappa shape index (κ1) is 16.2. The van der Waals surface area contributed by atoms with Crippen LogP contribution in [0.15, 0.2) is 34.5 Å². The second kappa shape index (κ2) is 6.43. The minimum Gasteiger partial charge on any atom is -0.347 e. The van der Waals surface area contributed by atoms with Gasteiger partial charge in [0.25, 0.3) is 5.91 Å². The summed E-state index contributed by atoms with van der Waals surface area (Å²) in [7, 11) is -3.68. The Morgan fingerprint density at radius 2 is 1.87 bits per heavy atom. The van der Waals surface area contributed by atoms with Gasteiger partial charge in [-0.2, -0.15) is 0 Å². The van der Waals surface area contributed by atoms with Gasteiger partial charge in [-0.25, -0.2) is 13.6 Å². The number of benzene rings is 1. The number of primary sulfonamides is 1. The fourth-order valence-electron chi connectivity index (χ4n) is 2.75. The lowest BCUT2D eigenvalue weighted by molar-refractivity contribution is 0.0951. The number of sulfonamides is 1. The standard InChI is InChI=1S/C16H18N2O3S2/c17-23(20,21)15-8-7-14(22-15)10-18-16(19)13-6-5-11-3-1-2-4-12(11)9-13/h5-9H,1-4,10H2,(H,18,19)(H2,17,20,21). The molecule has 0 saturated carbocycles. The number of fused-ring (bicyclic) bond motifs is 1. The van der Waals surface area contributed by atoms with E-state index < -0.39 is 10.0 Å². The van der Waals surface area contributed by atoms with Gasteiger partial charge >= 0.3 is 0 Å². The van der Waals surface area contributed by atoms with E-state index in [0.717, 1.165) is 29.1 Å². The van der Waals surface area contributed by atoms with Crippen molar-refractivity contribution in [2.75, 3.05) is 0 Å². The van der Waals surface area contributed by atoms with Crippen LogP contribution in [0.25, 0.3) is 0 Å². The lowest BCUT2D eigenvalue weighted by Crippen LogP contribution is -2.22. The molecule has 0 bridgehead atoms. The number of nitrogens with one attached hydrogen (secondary N) is 1. The molecule has 1 aliphatic carbocycles. The predicted octanol–water partition coefficient (Wildman–Crippen LogP) is 2.20. The second-order valence-corrected chi connectivity index (χ2v) is 8.60. The molecule has 0 fully saturated rings. The molecule has 3 N–H and O–H groups in total. The number of carbonyl (C=O) groups is 1. The summed E-state index contributed by atoms with van der Waals surface area (Å²) in [4.78, 5) is 13.0. The smallest absolute Gasteiger partial charge is 0.251 e. The Kier molecular flexibility index (Phi) is 4.52. The zero-order valence-corrected chi connectivity index (χ0v) is 14.2. The number of thiophene rings is 1. The molecule has 0 aliphatic heterocycles. The van der Waals surface area contributed by atoms with Crippen LogP contribution in [0, 0.1) is 0 Å². The molecule has 1 aromatic carbocycles. The molecule has 1 aliphatic rings. The maximum absolute atomic E-state index is 12.3. The van der Waals surface area contributed by atoms with Crippen LogP contribution in [0.5, 0.6) is 0 Å². The number of hydrogen-bond donors (Lipinski definition) is 2. The largest absolute Gasteiger partial charge is 0.347 e. The van der Waals surface area contributed by atoms with Gasteiger partial charge in [-0.1, -0.05) is 6.07 Å². The van der Waals surface area contributed by atoms with Gasteiger partial charge in [0.2, 0.25) is 10.0 Å². The topological polar surface area (TPSA) is 89.3 Å². The van der Waals surface area contributed by atoms with E-state index in [1.165, 1.54) is 30.0 Å². The summed E-state index contributed by atoms with van der Waals surface area (Å²) in [5, 5.41) is 7.90. The molecule has 0 spiro atoms. The van der Waals surface area contributed by atoms with Gasteiger partial charge in [0.15, 0.2) is 0 Å². The molecular formula is C16H18N2O3S2. The van der Waals surface area contributed by atoms with Crippen molar-refractivity contribution in [3.8, 4) is 0 Å². The van der Waals surface area contributed by atoms with Crippen molar-refractivity contribution in [3.05, 3.63) is 51.9 Å². The van der Waals surface area contributed by atoms with Crippen molar-refractivity contribution in [2.24, 2.45) is 5.14 Å². The number of aryl methyl sites for hydroxylation is 2. The molecule has 122 valence electrons.